The molecule has 7 heteroatoms. The molecule has 4 aromatic rings. The van der Waals surface area contributed by atoms with Crippen LogP contribution in [0.3, 0.4) is 0 Å². The van der Waals surface area contributed by atoms with Crippen LogP contribution in [-0.2, 0) is 5.54 Å². The Kier molecular flexibility index (Phi) is 5.55. The minimum Gasteiger partial charge on any atom is -0.281 e. The summed E-state index contributed by atoms with van der Waals surface area (Å²) < 4.78 is 28.3. The highest BCUT2D eigenvalue weighted by molar-refractivity contribution is 6.02. The van der Waals surface area contributed by atoms with Crippen LogP contribution in [0.15, 0.2) is 71.7 Å². The number of tetrazole rings is 1. The van der Waals surface area contributed by atoms with Crippen LogP contribution in [0.5, 0.6) is 0 Å². The topological polar surface area (TPSA) is 56.0 Å². The molecule has 3 aromatic carbocycles. The number of rotatable bonds is 4. The average Bonchev–Trinajstić information content (AvgIpc) is 3.50. The Hall–Kier alpha value is -3.74. The molecule has 1 atom stereocenters. The van der Waals surface area contributed by atoms with E-state index in [1.165, 1.54) is 18.2 Å². The Morgan fingerprint density at radius 3 is 2.00 bits per heavy atom. The molecular weight excluding hydrogens is 432 g/mol. The van der Waals surface area contributed by atoms with E-state index >= 15 is 0 Å². The van der Waals surface area contributed by atoms with E-state index in [1.54, 1.807) is 4.80 Å². The van der Waals surface area contributed by atoms with Crippen molar-refractivity contribution in [3.8, 4) is 22.5 Å². The van der Waals surface area contributed by atoms with Crippen LogP contribution in [0.2, 0.25) is 0 Å². The summed E-state index contributed by atoms with van der Waals surface area (Å²) in [6, 6.07) is 20.1. The van der Waals surface area contributed by atoms with Gasteiger partial charge in [0.2, 0.25) is 5.82 Å². The highest BCUT2D eigenvalue weighted by Gasteiger charge is 2.24. The van der Waals surface area contributed by atoms with E-state index in [4.69, 9.17) is 0 Å². The molecule has 0 N–H and O–H groups in total. The zero-order chi connectivity index (χ0) is 23.9. The van der Waals surface area contributed by atoms with Gasteiger partial charge in [-0.15, -0.1) is 10.2 Å². The Morgan fingerprint density at radius 2 is 1.41 bits per heavy atom. The molecule has 0 saturated heterocycles. The van der Waals surface area contributed by atoms with Crippen LogP contribution in [0, 0.1) is 11.6 Å². The molecule has 5 rings (SSSR count). The van der Waals surface area contributed by atoms with Crippen LogP contribution < -0.4 is 0 Å². The Bertz CT molecular complexity index is 1330. The number of benzene rings is 3. The number of halogens is 2. The highest BCUT2D eigenvalue weighted by Crippen LogP contribution is 2.33. The van der Waals surface area contributed by atoms with Crippen molar-refractivity contribution < 1.29 is 8.78 Å². The quantitative estimate of drug-likeness (QED) is 0.358. The largest absolute Gasteiger partial charge is 0.281 e. The summed E-state index contributed by atoms with van der Waals surface area (Å²) in [5, 5.41) is 12.8. The van der Waals surface area contributed by atoms with Gasteiger partial charge in [-0.2, -0.15) is 4.80 Å². The van der Waals surface area contributed by atoms with Crippen molar-refractivity contribution in [2.24, 2.45) is 4.99 Å². The van der Waals surface area contributed by atoms with Crippen molar-refractivity contribution >= 4 is 5.71 Å². The van der Waals surface area contributed by atoms with E-state index < -0.39 is 11.6 Å². The van der Waals surface area contributed by atoms with Crippen molar-refractivity contribution in [2.45, 2.75) is 45.2 Å². The number of hydrogen-bond donors (Lipinski definition) is 0. The molecule has 1 aliphatic heterocycles. The lowest BCUT2D eigenvalue weighted by molar-refractivity contribution is 0.306. The summed E-state index contributed by atoms with van der Waals surface area (Å²) >= 11 is 0. The van der Waals surface area contributed by atoms with Gasteiger partial charge in [-0.3, -0.25) is 4.99 Å². The summed E-state index contributed by atoms with van der Waals surface area (Å²) in [5.74, 6) is -0.526. The third-order valence-corrected chi connectivity index (χ3v) is 6.00. The fraction of sp³-hybridized carbons (Fsp3) is 0.259. The van der Waals surface area contributed by atoms with Gasteiger partial charge in [-0.1, -0.05) is 54.6 Å². The van der Waals surface area contributed by atoms with Crippen molar-refractivity contribution in [1.82, 2.24) is 20.2 Å². The first-order valence-corrected chi connectivity index (χ1v) is 11.3. The SMILES string of the molecule is CC(C)(C)n1nnc(-c2ccc(-c3ccc(C4CCC(c5c(F)cccc5F)=N4)cc3)cc2)n1. The first-order chi connectivity index (χ1) is 16.3. The summed E-state index contributed by atoms with van der Waals surface area (Å²) in [6.07, 6.45) is 1.29. The lowest BCUT2D eigenvalue weighted by Gasteiger charge is -2.15. The van der Waals surface area contributed by atoms with Gasteiger partial charge >= 0.3 is 0 Å². The molecule has 5 nitrogen and oxygen atoms in total. The molecule has 1 aliphatic rings. The summed E-state index contributed by atoms with van der Waals surface area (Å²) in [4.78, 5) is 6.25. The van der Waals surface area contributed by atoms with Crippen LogP contribution in [-0.4, -0.2) is 25.9 Å². The van der Waals surface area contributed by atoms with Crippen LogP contribution in [0.25, 0.3) is 22.5 Å². The van der Waals surface area contributed by atoms with Gasteiger partial charge in [0.05, 0.1) is 17.1 Å². The molecular formula is C27H25F2N5. The second kappa shape index (κ2) is 8.56. The van der Waals surface area contributed by atoms with E-state index in [2.05, 4.69) is 32.5 Å². The molecule has 0 saturated carbocycles. The molecule has 34 heavy (non-hydrogen) atoms. The Labute approximate surface area is 197 Å². The molecule has 0 spiro atoms. The molecule has 2 heterocycles. The summed E-state index contributed by atoms with van der Waals surface area (Å²) in [7, 11) is 0. The third kappa shape index (κ3) is 4.25. The van der Waals surface area contributed by atoms with Gasteiger partial charge in [-0.05, 0) is 67.6 Å². The first kappa shape index (κ1) is 22.1. The van der Waals surface area contributed by atoms with Gasteiger partial charge in [0.25, 0.3) is 0 Å². The fourth-order valence-corrected chi connectivity index (χ4v) is 4.12. The minimum absolute atomic E-state index is 0.00117. The van der Waals surface area contributed by atoms with E-state index in [1.807, 2.05) is 57.2 Å². The smallest absolute Gasteiger partial charge is 0.204 e. The van der Waals surface area contributed by atoms with Crippen LogP contribution in [0.1, 0.15) is 50.8 Å². The molecule has 0 bridgehead atoms. The first-order valence-electron chi connectivity index (χ1n) is 11.3. The maximum absolute atomic E-state index is 14.1. The lowest BCUT2D eigenvalue weighted by Crippen LogP contribution is -2.24. The number of aromatic nitrogens is 4. The fourth-order valence-electron chi connectivity index (χ4n) is 4.12. The number of hydrogen-bond acceptors (Lipinski definition) is 4. The molecule has 0 amide bonds. The monoisotopic (exact) mass is 457 g/mol. The van der Waals surface area contributed by atoms with Gasteiger partial charge in [0.1, 0.15) is 11.6 Å². The zero-order valence-electron chi connectivity index (χ0n) is 19.3. The van der Waals surface area contributed by atoms with E-state index in [-0.39, 0.29) is 17.1 Å². The molecule has 1 aromatic heterocycles. The molecule has 0 aliphatic carbocycles. The predicted molar refractivity (Wildman–Crippen MR) is 129 cm³/mol. The van der Waals surface area contributed by atoms with Gasteiger partial charge in [0, 0.05) is 11.3 Å². The minimum atomic E-state index is -0.561. The Balaban J connectivity index is 1.33. The van der Waals surface area contributed by atoms with E-state index in [0.29, 0.717) is 18.0 Å². The number of aliphatic imine (C=N–C) groups is 1. The van der Waals surface area contributed by atoms with Gasteiger partial charge in [0.15, 0.2) is 0 Å². The second-order valence-electron chi connectivity index (χ2n) is 9.50. The standard InChI is InChI=1S/C27H25F2N5/c1-27(2,3)34-32-26(31-33-34)20-13-9-18(10-14-20)17-7-11-19(12-8-17)23-15-16-24(30-23)25-21(28)5-4-6-22(25)29/h4-14,23H,15-16H2,1-3H3. The Morgan fingerprint density at radius 1 is 0.824 bits per heavy atom. The van der Waals surface area contributed by atoms with Crippen molar-refractivity contribution in [1.29, 1.82) is 0 Å². The predicted octanol–water partition coefficient (Wildman–Crippen LogP) is 6.36. The summed E-state index contributed by atoms with van der Waals surface area (Å²) in [6.45, 7) is 6.09. The molecule has 0 fully saturated rings. The summed E-state index contributed by atoms with van der Waals surface area (Å²) in [5.41, 5.74) is 4.36. The zero-order valence-corrected chi connectivity index (χ0v) is 19.3. The van der Waals surface area contributed by atoms with Crippen molar-refractivity contribution in [2.75, 3.05) is 0 Å². The maximum atomic E-state index is 14.1. The van der Waals surface area contributed by atoms with Gasteiger partial charge in [-0.25, -0.2) is 8.78 Å². The van der Waals surface area contributed by atoms with Gasteiger partial charge < -0.3 is 0 Å². The molecule has 172 valence electrons. The maximum Gasteiger partial charge on any atom is 0.204 e. The van der Waals surface area contributed by atoms with E-state index in [0.717, 1.165) is 28.7 Å². The average molecular weight is 458 g/mol. The third-order valence-electron chi connectivity index (χ3n) is 6.00. The van der Waals surface area contributed by atoms with Crippen molar-refractivity contribution in [3.63, 3.8) is 0 Å². The lowest BCUT2D eigenvalue weighted by atomic mass is 9.98. The van der Waals surface area contributed by atoms with Crippen molar-refractivity contribution in [3.05, 3.63) is 89.5 Å². The highest BCUT2D eigenvalue weighted by atomic mass is 19.1. The van der Waals surface area contributed by atoms with Crippen LogP contribution >= 0.6 is 0 Å². The number of nitrogens with zero attached hydrogens (tertiary/aromatic N) is 5. The van der Waals surface area contributed by atoms with Crippen LogP contribution in [0.4, 0.5) is 8.78 Å². The normalized spacial score (nSPS) is 16.0. The molecule has 0 radical (unpaired) electrons. The molecule has 1 unspecified atom stereocenters. The second-order valence-corrected chi connectivity index (χ2v) is 9.50. The van der Waals surface area contributed by atoms with E-state index in [9.17, 15) is 8.78 Å².